The van der Waals surface area contributed by atoms with Crippen LogP contribution < -0.4 is 0 Å². The SMILES string of the molecule is Cc1ccc(S(=O)(=O)OCC(CC(=O)OC(C)(C)C)Cc2cccs2)cc1. The average Bonchev–Trinajstić information content (AvgIpc) is 3.04. The van der Waals surface area contributed by atoms with Crippen LogP contribution in [0.1, 0.15) is 37.6 Å². The zero-order valence-corrected chi connectivity index (χ0v) is 17.7. The molecule has 1 aromatic heterocycles. The summed E-state index contributed by atoms with van der Waals surface area (Å²) in [5, 5.41) is 1.95. The Hall–Kier alpha value is -1.70. The molecule has 7 heteroatoms. The Morgan fingerprint density at radius 3 is 2.37 bits per heavy atom. The highest BCUT2D eigenvalue weighted by Crippen LogP contribution is 2.22. The molecule has 0 bridgehead atoms. The van der Waals surface area contributed by atoms with E-state index in [0.717, 1.165) is 10.4 Å². The summed E-state index contributed by atoms with van der Waals surface area (Å²) in [5.41, 5.74) is 0.383. The smallest absolute Gasteiger partial charge is 0.306 e. The van der Waals surface area contributed by atoms with Gasteiger partial charge in [0.1, 0.15) is 5.60 Å². The molecule has 2 aromatic rings. The number of aryl methyl sites for hydroxylation is 1. The van der Waals surface area contributed by atoms with Gasteiger partial charge in [0, 0.05) is 4.88 Å². The molecule has 27 heavy (non-hydrogen) atoms. The Morgan fingerprint density at radius 2 is 1.81 bits per heavy atom. The third kappa shape index (κ3) is 7.44. The first-order valence-corrected chi connectivity index (χ1v) is 11.0. The number of hydrogen-bond acceptors (Lipinski definition) is 6. The number of carbonyl (C=O) groups excluding carboxylic acids is 1. The molecule has 1 atom stereocenters. The van der Waals surface area contributed by atoms with E-state index in [-0.39, 0.29) is 29.8 Å². The fourth-order valence-electron chi connectivity index (χ4n) is 2.48. The predicted molar refractivity (Wildman–Crippen MR) is 106 cm³/mol. The predicted octanol–water partition coefficient (Wildman–Crippen LogP) is 4.35. The number of carbonyl (C=O) groups is 1. The van der Waals surface area contributed by atoms with Gasteiger partial charge >= 0.3 is 5.97 Å². The van der Waals surface area contributed by atoms with Gasteiger partial charge in [0.15, 0.2) is 0 Å². The summed E-state index contributed by atoms with van der Waals surface area (Å²) in [4.78, 5) is 13.4. The normalized spacial score (nSPS) is 13.3. The van der Waals surface area contributed by atoms with E-state index in [1.54, 1.807) is 44.2 Å². The topological polar surface area (TPSA) is 69.7 Å². The second-order valence-electron chi connectivity index (χ2n) is 7.49. The van der Waals surface area contributed by atoms with Crippen LogP contribution in [0.3, 0.4) is 0 Å². The molecule has 0 radical (unpaired) electrons. The second-order valence-corrected chi connectivity index (χ2v) is 10.1. The minimum atomic E-state index is -3.87. The van der Waals surface area contributed by atoms with Crippen molar-refractivity contribution in [2.45, 2.75) is 51.0 Å². The van der Waals surface area contributed by atoms with Gasteiger partial charge in [-0.3, -0.25) is 8.98 Å². The van der Waals surface area contributed by atoms with Gasteiger partial charge in [0.05, 0.1) is 17.9 Å². The van der Waals surface area contributed by atoms with Gasteiger partial charge in [-0.1, -0.05) is 23.8 Å². The molecular weight excluding hydrogens is 384 g/mol. The Balaban J connectivity index is 2.06. The van der Waals surface area contributed by atoms with E-state index in [4.69, 9.17) is 8.92 Å². The number of hydrogen-bond donors (Lipinski definition) is 0. The van der Waals surface area contributed by atoms with Crippen molar-refractivity contribution in [3.63, 3.8) is 0 Å². The molecule has 0 aliphatic carbocycles. The quantitative estimate of drug-likeness (QED) is 0.478. The van der Waals surface area contributed by atoms with Crippen LogP contribution in [0.15, 0.2) is 46.7 Å². The Labute approximate surface area is 165 Å². The van der Waals surface area contributed by atoms with Crippen LogP contribution in [-0.4, -0.2) is 26.6 Å². The minimum Gasteiger partial charge on any atom is -0.460 e. The number of benzene rings is 1. The third-order valence-electron chi connectivity index (χ3n) is 3.71. The van der Waals surface area contributed by atoms with E-state index in [1.165, 1.54) is 12.1 Å². The van der Waals surface area contributed by atoms with Crippen molar-refractivity contribution in [2.24, 2.45) is 5.92 Å². The first-order chi connectivity index (χ1) is 12.5. The number of thiophene rings is 1. The van der Waals surface area contributed by atoms with Crippen molar-refractivity contribution in [3.05, 3.63) is 52.2 Å². The maximum Gasteiger partial charge on any atom is 0.306 e. The molecule has 0 amide bonds. The van der Waals surface area contributed by atoms with Crippen molar-refractivity contribution >= 4 is 27.4 Å². The van der Waals surface area contributed by atoms with E-state index >= 15 is 0 Å². The van der Waals surface area contributed by atoms with Crippen LogP contribution in [0.2, 0.25) is 0 Å². The van der Waals surface area contributed by atoms with E-state index < -0.39 is 15.7 Å². The molecule has 0 spiro atoms. The van der Waals surface area contributed by atoms with Crippen LogP contribution in [0.4, 0.5) is 0 Å². The summed E-state index contributed by atoms with van der Waals surface area (Å²) in [5.74, 6) is -0.654. The molecule has 1 unspecified atom stereocenters. The summed E-state index contributed by atoms with van der Waals surface area (Å²) in [6, 6.07) is 10.4. The standard InChI is InChI=1S/C20H26O5S2/c1-15-7-9-18(10-8-15)27(22,23)24-14-16(12-17-6-5-11-26-17)13-19(21)25-20(2,3)4/h5-11,16H,12-14H2,1-4H3. The number of ether oxygens (including phenoxy) is 1. The number of rotatable bonds is 8. The maximum absolute atomic E-state index is 12.4. The highest BCUT2D eigenvalue weighted by Gasteiger charge is 2.24. The molecule has 148 valence electrons. The Kier molecular flexibility index (Phi) is 7.19. The van der Waals surface area contributed by atoms with E-state index in [0.29, 0.717) is 6.42 Å². The van der Waals surface area contributed by atoms with Gasteiger partial charge in [0.25, 0.3) is 10.1 Å². The van der Waals surface area contributed by atoms with E-state index in [1.807, 2.05) is 24.4 Å². The molecular formula is C20H26O5S2. The lowest BCUT2D eigenvalue weighted by Crippen LogP contribution is -2.27. The molecule has 5 nitrogen and oxygen atoms in total. The largest absolute Gasteiger partial charge is 0.460 e. The van der Waals surface area contributed by atoms with Crippen molar-refractivity contribution in [2.75, 3.05) is 6.61 Å². The van der Waals surface area contributed by atoms with E-state index in [2.05, 4.69) is 0 Å². The molecule has 1 heterocycles. The molecule has 1 aromatic carbocycles. The molecule has 0 saturated carbocycles. The van der Waals surface area contributed by atoms with Crippen molar-refractivity contribution in [1.29, 1.82) is 0 Å². The zero-order valence-electron chi connectivity index (χ0n) is 16.1. The van der Waals surface area contributed by atoms with Crippen molar-refractivity contribution < 1.29 is 22.1 Å². The molecule has 0 aliphatic heterocycles. The lowest BCUT2D eigenvalue weighted by molar-refractivity contribution is -0.156. The maximum atomic E-state index is 12.4. The van der Waals surface area contributed by atoms with Crippen LogP contribution in [-0.2, 0) is 30.3 Å². The summed E-state index contributed by atoms with van der Waals surface area (Å²) in [6.07, 6.45) is 0.652. The Bertz CT molecular complexity index is 831. The summed E-state index contributed by atoms with van der Waals surface area (Å²) >= 11 is 1.57. The molecule has 0 fully saturated rings. The summed E-state index contributed by atoms with van der Waals surface area (Å²) in [6.45, 7) is 7.22. The van der Waals surface area contributed by atoms with Gasteiger partial charge in [0.2, 0.25) is 0 Å². The average molecular weight is 411 g/mol. The van der Waals surface area contributed by atoms with Crippen LogP contribution >= 0.6 is 11.3 Å². The fraction of sp³-hybridized carbons (Fsp3) is 0.450. The first-order valence-electron chi connectivity index (χ1n) is 8.75. The van der Waals surface area contributed by atoms with E-state index in [9.17, 15) is 13.2 Å². The first kappa shape index (κ1) is 21.6. The summed E-state index contributed by atoms with van der Waals surface area (Å²) in [7, 11) is -3.87. The van der Waals surface area contributed by atoms with Gasteiger partial charge < -0.3 is 4.74 Å². The van der Waals surface area contributed by atoms with Crippen LogP contribution in [0.25, 0.3) is 0 Å². The Morgan fingerprint density at radius 1 is 1.15 bits per heavy atom. The van der Waals surface area contributed by atoms with Gasteiger partial charge in [-0.2, -0.15) is 8.42 Å². The molecule has 2 rings (SSSR count). The van der Waals surface area contributed by atoms with Crippen molar-refractivity contribution in [1.82, 2.24) is 0 Å². The highest BCUT2D eigenvalue weighted by atomic mass is 32.2. The second kappa shape index (κ2) is 8.99. The highest BCUT2D eigenvalue weighted by molar-refractivity contribution is 7.86. The zero-order chi connectivity index (χ0) is 20.1. The lowest BCUT2D eigenvalue weighted by atomic mass is 10.0. The van der Waals surface area contributed by atoms with Crippen LogP contribution in [0, 0.1) is 12.8 Å². The fourth-order valence-corrected chi connectivity index (χ4v) is 4.28. The van der Waals surface area contributed by atoms with Crippen LogP contribution in [0.5, 0.6) is 0 Å². The van der Waals surface area contributed by atoms with Gasteiger partial charge in [-0.05, 0) is 63.6 Å². The van der Waals surface area contributed by atoms with Gasteiger partial charge in [-0.25, -0.2) is 0 Å². The monoisotopic (exact) mass is 410 g/mol. The lowest BCUT2D eigenvalue weighted by Gasteiger charge is -2.22. The number of esters is 1. The minimum absolute atomic E-state index is 0.0760. The van der Waals surface area contributed by atoms with Gasteiger partial charge in [-0.15, -0.1) is 11.3 Å². The summed E-state index contributed by atoms with van der Waals surface area (Å²) < 4.78 is 35.5. The molecule has 0 aliphatic rings. The molecule has 0 N–H and O–H groups in total. The van der Waals surface area contributed by atoms with Crippen molar-refractivity contribution in [3.8, 4) is 0 Å². The third-order valence-corrected chi connectivity index (χ3v) is 5.91. The molecule has 0 saturated heterocycles.